The molecule has 2 aromatic carbocycles. The van der Waals surface area contributed by atoms with Crippen LogP contribution in [0.4, 0.5) is 10.4 Å². The van der Waals surface area contributed by atoms with Crippen molar-refractivity contribution in [2.75, 3.05) is 5.32 Å². The van der Waals surface area contributed by atoms with Crippen molar-refractivity contribution >= 4 is 28.7 Å². The number of benzene rings is 2. The number of halogens is 2. The summed E-state index contributed by atoms with van der Waals surface area (Å²) >= 11 is 6.01. The molecule has 26 heavy (non-hydrogen) atoms. The molecule has 6 heteroatoms. The van der Waals surface area contributed by atoms with Crippen LogP contribution in [-0.4, -0.2) is 9.97 Å². The summed E-state index contributed by atoms with van der Waals surface area (Å²) in [5.74, 6) is -0.257. The Hall–Kier alpha value is -2.92. The van der Waals surface area contributed by atoms with Gasteiger partial charge in [-0.3, -0.25) is 4.98 Å². The van der Waals surface area contributed by atoms with Crippen molar-refractivity contribution < 1.29 is 8.81 Å². The number of anilines is 1. The first-order valence-corrected chi connectivity index (χ1v) is 8.53. The predicted octanol–water partition coefficient (Wildman–Crippen LogP) is 5.41. The molecule has 0 radical (unpaired) electrons. The zero-order valence-electron chi connectivity index (χ0n) is 13.7. The fourth-order valence-electron chi connectivity index (χ4n) is 2.78. The Balaban J connectivity index is 1.64. The minimum atomic E-state index is -0.257. The van der Waals surface area contributed by atoms with Crippen LogP contribution in [0, 0.1) is 5.82 Å². The molecule has 130 valence electrons. The Morgan fingerprint density at radius 1 is 1.08 bits per heavy atom. The van der Waals surface area contributed by atoms with Crippen LogP contribution in [-0.2, 0) is 6.42 Å². The standard InChI is InChI=1S/C20H15ClFN3O/c21-14-6-9-19-18(12-14)25-20(26-19)24-17(16-3-1-2-10-23-16)11-13-4-7-15(22)8-5-13/h1-10,12,17H,11H2,(H,24,25). The average molecular weight is 368 g/mol. The molecule has 0 saturated heterocycles. The minimum Gasteiger partial charge on any atom is -0.424 e. The van der Waals surface area contributed by atoms with Gasteiger partial charge in [0.25, 0.3) is 6.01 Å². The zero-order chi connectivity index (χ0) is 17.9. The number of nitrogens with zero attached hydrogens (tertiary/aromatic N) is 2. The monoisotopic (exact) mass is 367 g/mol. The first-order chi connectivity index (χ1) is 12.7. The molecule has 4 rings (SSSR count). The van der Waals surface area contributed by atoms with Crippen molar-refractivity contribution in [2.45, 2.75) is 12.5 Å². The minimum absolute atomic E-state index is 0.176. The molecule has 0 aliphatic heterocycles. The van der Waals surface area contributed by atoms with E-state index in [2.05, 4.69) is 15.3 Å². The molecule has 0 aliphatic rings. The summed E-state index contributed by atoms with van der Waals surface area (Å²) in [6.07, 6.45) is 2.34. The molecule has 0 spiro atoms. The van der Waals surface area contributed by atoms with E-state index in [4.69, 9.17) is 16.0 Å². The van der Waals surface area contributed by atoms with Gasteiger partial charge < -0.3 is 9.73 Å². The van der Waals surface area contributed by atoms with Crippen molar-refractivity contribution in [2.24, 2.45) is 0 Å². The van der Waals surface area contributed by atoms with Crippen LogP contribution in [0.3, 0.4) is 0 Å². The lowest BCUT2D eigenvalue weighted by molar-refractivity contribution is 0.591. The molecule has 1 N–H and O–H groups in total. The highest BCUT2D eigenvalue weighted by atomic mass is 35.5. The van der Waals surface area contributed by atoms with Gasteiger partial charge in [0, 0.05) is 11.2 Å². The van der Waals surface area contributed by atoms with Crippen LogP contribution in [0.5, 0.6) is 0 Å². The number of rotatable bonds is 5. The van der Waals surface area contributed by atoms with E-state index in [1.807, 2.05) is 18.2 Å². The maximum Gasteiger partial charge on any atom is 0.296 e. The van der Waals surface area contributed by atoms with Gasteiger partial charge in [-0.05, 0) is 54.4 Å². The third-order valence-electron chi connectivity index (χ3n) is 4.05. The van der Waals surface area contributed by atoms with E-state index in [0.717, 1.165) is 11.3 Å². The maximum absolute atomic E-state index is 13.2. The molecule has 0 amide bonds. The van der Waals surface area contributed by atoms with E-state index < -0.39 is 0 Å². The normalized spacial score (nSPS) is 12.2. The summed E-state index contributed by atoms with van der Waals surface area (Å²) in [5, 5.41) is 3.89. The number of aromatic nitrogens is 2. The van der Waals surface area contributed by atoms with E-state index in [-0.39, 0.29) is 11.9 Å². The van der Waals surface area contributed by atoms with Crippen LogP contribution in [0.1, 0.15) is 17.3 Å². The molecule has 1 unspecified atom stereocenters. The highest BCUT2D eigenvalue weighted by Crippen LogP contribution is 2.26. The molecule has 0 fully saturated rings. The third kappa shape index (κ3) is 3.68. The number of pyridine rings is 1. The van der Waals surface area contributed by atoms with Crippen molar-refractivity contribution in [3.63, 3.8) is 0 Å². The molecule has 4 nitrogen and oxygen atoms in total. The van der Waals surface area contributed by atoms with Gasteiger partial charge in [-0.1, -0.05) is 29.8 Å². The third-order valence-corrected chi connectivity index (χ3v) is 4.28. The molecule has 2 aromatic heterocycles. The van der Waals surface area contributed by atoms with Crippen LogP contribution in [0.25, 0.3) is 11.1 Å². The zero-order valence-corrected chi connectivity index (χ0v) is 14.4. The molecule has 2 heterocycles. The lowest BCUT2D eigenvalue weighted by Gasteiger charge is -2.17. The second-order valence-electron chi connectivity index (χ2n) is 5.91. The fourth-order valence-corrected chi connectivity index (χ4v) is 2.95. The highest BCUT2D eigenvalue weighted by molar-refractivity contribution is 6.31. The topological polar surface area (TPSA) is 51.0 Å². The molecular formula is C20H15ClFN3O. The lowest BCUT2D eigenvalue weighted by Crippen LogP contribution is -2.15. The van der Waals surface area contributed by atoms with Gasteiger partial charge in [0.15, 0.2) is 5.58 Å². The van der Waals surface area contributed by atoms with Gasteiger partial charge in [-0.15, -0.1) is 0 Å². The second-order valence-corrected chi connectivity index (χ2v) is 6.35. The van der Waals surface area contributed by atoms with E-state index in [1.54, 1.807) is 36.5 Å². The quantitative estimate of drug-likeness (QED) is 0.512. The summed E-state index contributed by atoms with van der Waals surface area (Å²) < 4.78 is 18.9. The van der Waals surface area contributed by atoms with Crippen molar-refractivity contribution in [1.82, 2.24) is 9.97 Å². The van der Waals surface area contributed by atoms with Gasteiger partial charge in [0.05, 0.1) is 11.7 Å². The smallest absolute Gasteiger partial charge is 0.296 e. The number of hydrogen-bond acceptors (Lipinski definition) is 4. The molecule has 1 atom stereocenters. The summed E-state index contributed by atoms with van der Waals surface area (Å²) in [4.78, 5) is 8.87. The fraction of sp³-hybridized carbons (Fsp3) is 0.100. The largest absolute Gasteiger partial charge is 0.424 e. The summed E-state index contributed by atoms with van der Waals surface area (Å²) in [7, 11) is 0. The Labute approximate surface area is 154 Å². The molecule has 4 aromatic rings. The van der Waals surface area contributed by atoms with Crippen LogP contribution < -0.4 is 5.32 Å². The highest BCUT2D eigenvalue weighted by Gasteiger charge is 2.17. The van der Waals surface area contributed by atoms with Crippen LogP contribution in [0.2, 0.25) is 5.02 Å². The number of hydrogen-bond donors (Lipinski definition) is 1. The van der Waals surface area contributed by atoms with Gasteiger partial charge >= 0.3 is 0 Å². The number of fused-ring (bicyclic) bond motifs is 1. The van der Waals surface area contributed by atoms with E-state index >= 15 is 0 Å². The summed E-state index contributed by atoms with van der Waals surface area (Å²) in [6, 6.07) is 17.6. The molecule has 0 aliphatic carbocycles. The van der Waals surface area contributed by atoms with Crippen molar-refractivity contribution in [3.8, 4) is 0 Å². The number of oxazole rings is 1. The average Bonchev–Trinajstić information content (AvgIpc) is 3.05. The Bertz CT molecular complexity index is 1020. The first kappa shape index (κ1) is 16.5. The van der Waals surface area contributed by atoms with E-state index in [1.165, 1.54) is 12.1 Å². The Morgan fingerprint density at radius 2 is 1.92 bits per heavy atom. The first-order valence-electron chi connectivity index (χ1n) is 8.15. The number of nitrogens with one attached hydrogen (secondary N) is 1. The molecular weight excluding hydrogens is 353 g/mol. The SMILES string of the molecule is Fc1ccc(CC(Nc2nc3cc(Cl)ccc3o2)c2ccccn2)cc1. The summed E-state index contributed by atoms with van der Waals surface area (Å²) in [6.45, 7) is 0. The van der Waals surface area contributed by atoms with Gasteiger partial charge in [0.1, 0.15) is 11.3 Å². The van der Waals surface area contributed by atoms with E-state index in [0.29, 0.717) is 28.6 Å². The second kappa shape index (κ2) is 7.14. The Kier molecular flexibility index (Phi) is 4.54. The van der Waals surface area contributed by atoms with Gasteiger partial charge in [0.2, 0.25) is 0 Å². The van der Waals surface area contributed by atoms with Gasteiger partial charge in [-0.2, -0.15) is 4.98 Å². The molecule has 0 saturated carbocycles. The van der Waals surface area contributed by atoms with E-state index in [9.17, 15) is 4.39 Å². The van der Waals surface area contributed by atoms with Gasteiger partial charge in [-0.25, -0.2) is 4.39 Å². The van der Waals surface area contributed by atoms with Crippen LogP contribution in [0.15, 0.2) is 71.3 Å². The maximum atomic E-state index is 13.2. The molecule has 0 bridgehead atoms. The predicted molar refractivity (Wildman–Crippen MR) is 99.7 cm³/mol. The Morgan fingerprint density at radius 3 is 2.69 bits per heavy atom. The van der Waals surface area contributed by atoms with Crippen LogP contribution >= 0.6 is 11.6 Å². The summed E-state index contributed by atoms with van der Waals surface area (Å²) in [5.41, 5.74) is 3.16. The van der Waals surface area contributed by atoms with Crippen molar-refractivity contribution in [1.29, 1.82) is 0 Å². The van der Waals surface area contributed by atoms with Crippen molar-refractivity contribution in [3.05, 3.63) is 89.0 Å². The lowest BCUT2D eigenvalue weighted by atomic mass is 10.0.